The van der Waals surface area contributed by atoms with Gasteiger partial charge < -0.3 is 9.64 Å². The lowest BCUT2D eigenvalue weighted by atomic mass is 10.1. The largest absolute Gasteiger partial charge is 0.492 e. The number of carbonyl (C=O) groups excluding carboxylic acids is 1. The van der Waals surface area contributed by atoms with Crippen LogP contribution in [0.2, 0.25) is 5.02 Å². The molecule has 3 rings (SSSR count). The minimum absolute atomic E-state index is 0.110. The summed E-state index contributed by atoms with van der Waals surface area (Å²) in [5.41, 5.74) is 0.310. The summed E-state index contributed by atoms with van der Waals surface area (Å²) in [5.74, 6) is -0.299. The number of amides is 1. The zero-order chi connectivity index (χ0) is 22.4. The summed E-state index contributed by atoms with van der Waals surface area (Å²) in [4.78, 5) is 14.2. The standard InChI is InChI=1S/C22H20ClFN2O4S/c1-26(14-15-30-18-10-6-16(23)7-11-18)22(27)20-4-2-3-5-21(20)25-31(28,29)19-12-8-17(24)9-13-19/h2-13,25H,14-15H2,1H3. The first-order chi connectivity index (χ1) is 14.8. The topological polar surface area (TPSA) is 75.7 Å². The van der Waals surface area contributed by atoms with E-state index < -0.39 is 15.8 Å². The highest BCUT2D eigenvalue weighted by Crippen LogP contribution is 2.22. The van der Waals surface area contributed by atoms with Gasteiger partial charge in [0.2, 0.25) is 0 Å². The van der Waals surface area contributed by atoms with Gasteiger partial charge in [-0.1, -0.05) is 23.7 Å². The predicted molar refractivity (Wildman–Crippen MR) is 118 cm³/mol. The molecule has 3 aromatic carbocycles. The van der Waals surface area contributed by atoms with E-state index in [2.05, 4.69) is 4.72 Å². The smallest absolute Gasteiger partial charge is 0.261 e. The molecule has 1 N–H and O–H groups in total. The fourth-order valence-electron chi connectivity index (χ4n) is 2.71. The van der Waals surface area contributed by atoms with Gasteiger partial charge in [0.25, 0.3) is 15.9 Å². The van der Waals surface area contributed by atoms with Crippen molar-refractivity contribution in [2.24, 2.45) is 0 Å². The van der Waals surface area contributed by atoms with Crippen molar-refractivity contribution in [3.63, 3.8) is 0 Å². The number of benzene rings is 3. The quantitative estimate of drug-likeness (QED) is 0.537. The lowest BCUT2D eigenvalue weighted by Crippen LogP contribution is -2.31. The highest BCUT2D eigenvalue weighted by Gasteiger charge is 2.20. The molecule has 0 atom stereocenters. The molecule has 0 aromatic heterocycles. The minimum Gasteiger partial charge on any atom is -0.492 e. The van der Waals surface area contributed by atoms with E-state index in [9.17, 15) is 17.6 Å². The third kappa shape index (κ3) is 5.96. The third-order valence-electron chi connectivity index (χ3n) is 4.38. The molecule has 0 radical (unpaired) electrons. The van der Waals surface area contributed by atoms with E-state index in [4.69, 9.17) is 16.3 Å². The fraction of sp³-hybridized carbons (Fsp3) is 0.136. The second-order valence-corrected chi connectivity index (χ2v) is 8.75. The Morgan fingerprint density at radius 3 is 2.35 bits per heavy atom. The first kappa shape index (κ1) is 22.6. The number of likely N-dealkylation sites (N-methyl/N-ethyl adjacent to an activating group) is 1. The first-order valence-electron chi connectivity index (χ1n) is 9.27. The van der Waals surface area contributed by atoms with E-state index in [1.807, 2.05) is 0 Å². The molecule has 0 saturated heterocycles. The van der Waals surface area contributed by atoms with Gasteiger partial charge in [0.05, 0.1) is 22.7 Å². The van der Waals surface area contributed by atoms with Crippen LogP contribution in [0.4, 0.5) is 10.1 Å². The minimum atomic E-state index is -3.99. The number of carbonyl (C=O) groups is 1. The van der Waals surface area contributed by atoms with Gasteiger partial charge in [-0.3, -0.25) is 9.52 Å². The van der Waals surface area contributed by atoms with Crippen LogP contribution in [-0.4, -0.2) is 39.4 Å². The maximum atomic E-state index is 13.1. The Balaban J connectivity index is 1.69. The van der Waals surface area contributed by atoms with Crippen molar-refractivity contribution in [1.82, 2.24) is 4.90 Å². The van der Waals surface area contributed by atoms with Gasteiger partial charge in [-0.05, 0) is 60.7 Å². The number of para-hydroxylation sites is 1. The summed E-state index contributed by atoms with van der Waals surface area (Å²) in [6, 6.07) is 17.6. The van der Waals surface area contributed by atoms with Crippen molar-refractivity contribution in [3.05, 3.63) is 89.2 Å². The van der Waals surface area contributed by atoms with Crippen LogP contribution < -0.4 is 9.46 Å². The maximum Gasteiger partial charge on any atom is 0.261 e. The molecule has 1 amide bonds. The van der Waals surface area contributed by atoms with Crippen molar-refractivity contribution < 1.29 is 22.3 Å². The lowest BCUT2D eigenvalue weighted by Gasteiger charge is -2.20. The number of anilines is 1. The molecule has 0 aliphatic heterocycles. The Morgan fingerprint density at radius 2 is 1.68 bits per heavy atom. The van der Waals surface area contributed by atoms with Gasteiger partial charge in [0.1, 0.15) is 18.2 Å². The number of rotatable bonds is 8. The summed E-state index contributed by atoms with van der Waals surface area (Å²) in [7, 11) is -2.40. The van der Waals surface area contributed by atoms with Gasteiger partial charge in [0.15, 0.2) is 0 Å². The monoisotopic (exact) mass is 462 g/mol. The average Bonchev–Trinajstić information content (AvgIpc) is 2.75. The summed E-state index contributed by atoms with van der Waals surface area (Å²) < 4.78 is 46.4. The van der Waals surface area contributed by atoms with E-state index in [0.29, 0.717) is 10.8 Å². The second-order valence-electron chi connectivity index (χ2n) is 6.63. The Hall–Kier alpha value is -3.10. The Bertz CT molecular complexity index is 1150. The van der Waals surface area contributed by atoms with Gasteiger partial charge in [-0.15, -0.1) is 0 Å². The molecule has 9 heteroatoms. The Kier molecular flexibility index (Phi) is 7.14. The van der Waals surface area contributed by atoms with E-state index >= 15 is 0 Å². The fourth-order valence-corrected chi connectivity index (χ4v) is 3.92. The number of hydrogen-bond acceptors (Lipinski definition) is 4. The number of ether oxygens (including phenoxy) is 1. The average molecular weight is 463 g/mol. The van der Waals surface area contributed by atoms with Gasteiger partial charge >= 0.3 is 0 Å². The van der Waals surface area contributed by atoms with Gasteiger partial charge in [0, 0.05) is 12.1 Å². The second kappa shape index (κ2) is 9.80. The normalized spacial score (nSPS) is 11.1. The first-order valence-corrected chi connectivity index (χ1v) is 11.1. The van der Waals surface area contributed by atoms with E-state index in [0.717, 1.165) is 24.3 Å². The Morgan fingerprint density at radius 1 is 1.03 bits per heavy atom. The zero-order valence-electron chi connectivity index (χ0n) is 16.6. The highest BCUT2D eigenvalue weighted by atomic mass is 35.5. The third-order valence-corrected chi connectivity index (χ3v) is 6.01. The number of nitrogens with one attached hydrogen (secondary N) is 1. The summed E-state index contributed by atoms with van der Waals surface area (Å²) in [5, 5.41) is 0.597. The van der Waals surface area contributed by atoms with Crippen LogP contribution in [0.3, 0.4) is 0 Å². The van der Waals surface area contributed by atoms with E-state index in [1.54, 1.807) is 43.4 Å². The summed E-state index contributed by atoms with van der Waals surface area (Å²) in [6.07, 6.45) is 0. The molecular weight excluding hydrogens is 443 g/mol. The van der Waals surface area contributed by atoms with Crippen LogP contribution in [0.5, 0.6) is 5.75 Å². The van der Waals surface area contributed by atoms with Crippen LogP contribution in [0.15, 0.2) is 77.7 Å². The molecule has 0 aliphatic rings. The van der Waals surface area contributed by atoms with Crippen LogP contribution in [0.25, 0.3) is 0 Å². The molecule has 0 saturated carbocycles. The predicted octanol–water partition coefficient (Wildman–Crippen LogP) is 4.43. The molecule has 6 nitrogen and oxygen atoms in total. The SMILES string of the molecule is CN(CCOc1ccc(Cl)cc1)C(=O)c1ccccc1NS(=O)(=O)c1ccc(F)cc1. The number of hydrogen-bond donors (Lipinski definition) is 1. The molecule has 162 valence electrons. The lowest BCUT2D eigenvalue weighted by molar-refractivity contribution is 0.0775. The van der Waals surface area contributed by atoms with Crippen LogP contribution in [0, 0.1) is 5.82 Å². The molecule has 0 fully saturated rings. The maximum absolute atomic E-state index is 13.1. The van der Waals surface area contributed by atoms with E-state index in [1.165, 1.54) is 17.0 Å². The summed E-state index contributed by atoms with van der Waals surface area (Å²) >= 11 is 5.84. The number of sulfonamides is 1. The van der Waals surface area contributed by atoms with Gasteiger partial charge in [-0.2, -0.15) is 0 Å². The van der Waals surface area contributed by atoms with Crippen molar-refractivity contribution in [2.45, 2.75) is 4.90 Å². The zero-order valence-corrected chi connectivity index (χ0v) is 18.2. The van der Waals surface area contributed by atoms with Crippen molar-refractivity contribution in [2.75, 3.05) is 24.9 Å². The molecule has 0 aliphatic carbocycles. The van der Waals surface area contributed by atoms with Crippen LogP contribution in [-0.2, 0) is 10.0 Å². The van der Waals surface area contributed by atoms with Crippen molar-refractivity contribution >= 4 is 33.2 Å². The van der Waals surface area contributed by atoms with Crippen molar-refractivity contribution in [3.8, 4) is 5.75 Å². The highest BCUT2D eigenvalue weighted by molar-refractivity contribution is 7.92. The molecule has 3 aromatic rings. The van der Waals surface area contributed by atoms with Crippen LogP contribution >= 0.6 is 11.6 Å². The number of nitrogens with zero attached hydrogens (tertiary/aromatic N) is 1. The van der Waals surface area contributed by atoms with Crippen molar-refractivity contribution in [1.29, 1.82) is 0 Å². The summed E-state index contributed by atoms with van der Waals surface area (Å²) in [6.45, 7) is 0.522. The molecule has 0 bridgehead atoms. The molecule has 0 unspecified atom stereocenters. The van der Waals surface area contributed by atoms with Crippen LogP contribution in [0.1, 0.15) is 10.4 Å². The number of halogens is 2. The van der Waals surface area contributed by atoms with Gasteiger partial charge in [-0.25, -0.2) is 12.8 Å². The molecule has 31 heavy (non-hydrogen) atoms. The molecular formula is C22H20ClFN2O4S. The Labute approximate surface area is 185 Å². The molecule has 0 spiro atoms. The van der Waals surface area contributed by atoms with E-state index in [-0.39, 0.29) is 35.2 Å². The molecule has 0 heterocycles.